The summed E-state index contributed by atoms with van der Waals surface area (Å²) in [7, 11) is 0. The summed E-state index contributed by atoms with van der Waals surface area (Å²) in [6.07, 6.45) is -4.53. The predicted molar refractivity (Wildman–Crippen MR) is 80.0 cm³/mol. The van der Waals surface area contributed by atoms with E-state index in [4.69, 9.17) is 0 Å². The van der Waals surface area contributed by atoms with Gasteiger partial charge in [-0.15, -0.1) is 0 Å². The summed E-state index contributed by atoms with van der Waals surface area (Å²) in [6, 6.07) is 6.34. The van der Waals surface area contributed by atoms with Crippen LogP contribution in [-0.4, -0.2) is 19.7 Å². The molecule has 0 fully saturated rings. The molecule has 0 spiro atoms. The second-order valence-electron chi connectivity index (χ2n) is 5.28. The lowest BCUT2D eigenvalue weighted by Crippen LogP contribution is -2.08. The number of benzene rings is 1. The normalized spacial score (nSPS) is 11.9. The van der Waals surface area contributed by atoms with Gasteiger partial charge >= 0.3 is 6.18 Å². The van der Waals surface area contributed by atoms with Crippen LogP contribution in [0.15, 0.2) is 30.3 Å². The van der Waals surface area contributed by atoms with Gasteiger partial charge in [-0.1, -0.05) is 0 Å². The molecule has 0 aliphatic rings. The number of halogens is 3. The van der Waals surface area contributed by atoms with Crippen molar-refractivity contribution in [2.24, 2.45) is 0 Å². The molecule has 0 radical (unpaired) electrons. The van der Waals surface area contributed by atoms with E-state index in [0.717, 1.165) is 6.07 Å². The number of aromatic nitrogens is 3. The molecule has 6 nitrogen and oxygen atoms in total. The minimum atomic E-state index is -4.53. The van der Waals surface area contributed by atoms with Gasteiger partial charge in [0.05, 0.1) is 27.3 Å². The Morgan fingerprint density at radius 1 is 1.17 bits per heavy atom. The molecule has 0 saturated carbocycles. The number of non-ortho nitro benzene ring substituents is 1. The Bertz CT molecular complexity index is 946. The Morgan fingerprint density at radius 3 is 2.33 bits per heavy atom. The van der Waals surface area contributed by atoms with Crippen LogP contribution in [-0.2, 0) is 6.18 Å². The minimum Gasteiger partial charge on any atom is -0.258 e. The van der Waals surface area contributed by atoms with Crippen LogP contribution in [0.1, 0.15) is 17.0 Å². The summed E-state index contributed by atoms with van der Waals surface area (Å²) in [5, 5.41) is 14.8. The zero-order valence-corrected chi connectivity index (χ0v) is 12.6. The van der Waals surface area contributed by atoms with E-state index in [1.807, 2.05) is 0 Å². The Labute approximate surface area is 133 Å². The molecule has 9 heteroatoms. The summed E-state index contributed by atoms with van der Waals surface area (Å²) in [5.41, 5.74) is -0.0672. The van der Waals surface area contributed by atoms with Crippen LogP contribution in [0.3, 0.4) is 0 Å². The van der Waals surface area contributed by atoms with Gasteiger partial charge in [-0.3, -0.25) is 10.1 Å². The third-order valence-corrected chi connectivity index (χ3v) is 3.55. The number of nitrogens with zero attached hydrogens (tertiary/aromatic N) is 4. The van der Waals surface area contributed by atoms with Gasteiger partial charge in [0.2, 0.25) is 0 Å². The number of hydrogen-bond donors (Lipinski definition) is 0. The molecule has 0 bridgehead atoms. The van der Waals surface area contributed by atoms with Crippen LogP contribution in [0.5, 0.6) is 0 Å². The van der Waals surface area contributed by atoms with Gasteiger partial charge in [-0.05, 0) is 32.0 Å². The van der Waals surface area contributed by atoms with E-state index >= 15 is 0 Å². The van der Waals surface area contributed by atoms with Crippen molar-refractivity contribution in [1.82, 2.24) is 14.8 Å². The van der Waals surface area contributed by atoms with Crippen LogP contribution in [0.25, 0.3) is 16.7 Å². The van der Waals surface area contributed by atoms with Gasteiger partial charge in [0.1, 0.15) is 0 Å². The summed E-state index contributed by atoms with van der Waals surface area (Å²) in [6.45, 7) is 2.94. The van der Waals surface area contributed by atoms with Crippen molar-refractivity contribution in [2.75, 3.05) is 0 Å². The average Bonchev–Trinajstić information content (AvgIpc) is 2.82. The fourth-order valence-corrected chi connectivity index (χ4v) is 2.53. The standard InChI is InChI=1S/C15H11F3N4O2/c1-8-7-12(15(16,17)18)13-9(2)20-21(14(13)19-8)10-3-5-11(6-4-10)22(23)24/h3-7H,1-2H3. The molecule has 0 aliphatic heterocycles. The van der Waals surface area contributed by atoms with Gasteiger partial charge < -0.3 is 0 Å². The lowest BCUT2D eigenvalue weighted by molar-refractivity contribution is -0.384. The number of hydrogen-bond acceptors (Lipinski definition) is 4. The largest absolute Gasteiger partial charge is 0.417 e. The third kappa shape index (κ3) is 2.57. The van der Waals surface area contributed by atoms with Crippen LogP contribution in [0.4, 0.5) is 18.9 Å². The summed E-state index contributed by atoms with van der Waals surface area (Å²) < 4.78 is 41.1. The van der Waals surface area contributed by atoms with Crippen molar-refractivity contribution < 1.29 is 18.1 Å². The number of pyridine rings is 1. The van der Waals surface area contributed by atoms with Gasteiger partial charge in [-0.2, -0.15) is 18.3 Å². The molecule has 0 saturated heterocycles. The van der Waals surface area contributed by atoms with Gasteiger partial charge in [-0.25, -0.2) is 9.67 Å². The maximum Gasteiger partial charge on any atom is 0.417 e. The Kier molecular flexibility index (Phi) is 3.51. The SMILES string of the molecule is Cc1cc(C(F)(F)F)c2c(C)nn(-c3ccc([N+](=O)[O-])cc3)c2n1. The molecule has 0 amide bonds. The summed E-state index contributed by atoms with van der Waals surface area (Å²) in [5.74, 6) is 0. The second-order valence-corrected chi connectivity index (χ2v) is 5.28. The number of aryl methyl sites for hydroxylation is 2. The van der Waals surface area contributed by atoms with Crippen LogP contribution < -0.4 is 0 Å². The molecule has 2 heterocycles. The number of nitro benzene ring substituents is 1. The van der Waals surface area contributed by atoms with Crippen molar-refractivity contribution >= 4 is 16.7 Å². The van der Waals surface area contributed by atoms with Crippen molar-refractivity contribution in [3.8, 4) is 5.69 Å². The minimum absolute atomic E-state index is 0.0636. The molecule has 3 rings (SSSR count). The zero-order valence-electron chi connectivity index (χ0n) is 12.6. The fraction of sp³-hybridized carbons (Fsp3) is 0.200. The first kappa shape index (κ1) is 15.9. The van der Waals surface area contributed by atoms with E-state index in [0.29, 0.717) is 5.69 Å². The van der Waals surface area contributed by atoms with Crippen molar-refractivity contribution in [2.45, 2.75) is 20.0 Å². The van der Waals surface area contributed by atoms with E-state index in [9.17, 15) is 23.3 Å². The number of fused-ring (bicyclic) bond motifs is 1. The number of rotatable bonds is 2. The molecule has 0 atom stereocenters. The van der Waals surface area contributed by atoms with Crippen molar-refractivity contribution in [1.29, 1.82) is 0 Å². The highest BCUT2D eigenvalue weighted by Gasteiger charge is 2.35. The molecule has 3 aromatic rings. The summed E-state index contributed by atoms with van der Waals surface area (Å²) >= 11 is 0. The number of alkyl halides is 3. The molecule has 0 N–H and O–H groups in total. The lowest BCUT2D eigenvalue weighted by atomic mass is 10.1. The van der Waals surface area contributed by atoms with E-state index in [1.54, 1.807) is 0 Å². The maximum absolute atomic E-state index is 13.3. The maximum atomic E-state index is 13.3. The molecule has 124 valence electrons. The van der Waals surface area contributed by atoms with Gasteiger partial charge in [0.25, 0.3) is 5.69 Å². The topological polar surface area (TPSA) is 73.8 Å². The molecule has 0 aliphatic carbocycles. The van der Waals surface area contributed by atoms with Gasteiger partial charge in [0, 0.05) is 17.8 Å². The highest BCUT2D eigenvalue weighted by Crippen LogP contribution is 2.36. The predicted octanol–water partition coefficient (Wildman–Crippen LogP) is 3.96. The highest BCUT2D eigenvalue weighted by molar-refractivity contribution is 5.84. The lowest BCUT2D eigenvalue weighted by Gasteiger charge is -2.10. The monoisotopic (exact) mass is 336 g/mol. The Morgan fingerprint density at radius 2 is 1.79 bits per heavy atom. The van der Waals surface area contributed by atoms with Crippen molar-refractivity contribution in [3.63, 3.8) is 0 Å². The molecular weight excluding hydrogens is 325 g/mol. The molecular formula is C15H11F3N4O2. The first-order valence-corrected chi connectivity index (χ1v) is 6.87. The third-order valence-electron chi connectivity index (χ3n) is 3.55. The first-order valence-electron chi connectivity index (χ1n) is 6.87. The molecule has 1 aromatic carbocycles. The van der Waals surface area contributed by atoms with Crippen LogP contribution in [0, 0.1) is 24.0 Å². The Balaban J connectivity index is 2.27. The first-order chi connectivity index (χ1) is 11.2. The van der Waals surface area contributed by atoms with Crippen LogP contribution in [0.2, 0.25) is 0 Å². The number of nitro groups is 1. The fourth-order valence-electron chi connectivity index (χ4n) is 2.53. The molecule has 0 unspecified atom stereocenters. The van der Waals surface area contributed by atoms with Crippen molar-refractivity contribution in [3.05, 3.63) is 57.4 Å². The van der Waals surface area contributed by atoms with Gasteiger partial charge in [0.15, 0.2) is 5.65 Å². The smallest absolute Gasteiger partial charge is 0.258 e. The van der Waals surface area contributed by atoms with E-state index in [2.05, 4.69) is 10.1 Å². The van der Waals surface area contributed by atoms with Crippen LogP contribution >= 0.6 is 0 Å². The van der Waals surface area contributed by atoms with E-state index in [-0.39, 0.29) is 28.1 Å². The molecule has 24 heavy (non-hydrogen) atoms. The quantitative estimate of drug-likeness (QED) is 0.524. The average molecular weight is 336 g/mol. The zero-order chi connectivity index (χ0) is 17.6. The van der Waals surface area contributed by atoms with E-state index in [1.165, 1.54) is 42.8 Å². The molecule has 2 aromatic heterocycles. The Hall–Kier alpha value is -2.97. The highest BCUT2D eigenvalue weighted by atomic mass is 19.4. The second kappa shape index (κ2) is 5.29. The van der Waals surface area contributed by atoms with E-state index < -0.39 is 16.7 Å². The summed E-state index contributed by atoms with van der Waals surface area (Å²) in [4.78, 5) is 14.3.